The maximum Gasteiger partial charge on any atom is 0.238 e. The van der Waals surface area contributed by atoms with Crippen molar-refractivity contribution in [2.45, 2.75) is 50.3 Å². The molecule has 1 aromatic heterocycles. The highest BCUT2D eigenvalue weighted by atomic mass is 32.2. The van der Waals surface area contributed by atoms with Crippen LogP contribution in [0.3, 0.4) is 0 Å². The summed E-state index contributed by atoms with van der Waals surface area (Å²) in [7, 11) is -3.51. The third-order valence-corrected chi connectivity index (χ3v) is 4.52. The van der Waals surface area contributed by atoms with Gasteiger partial charge in [0.15, 0.2) is 0 Å². The Kier molecular flexibility index (Phi) is 5.44. The van der Waals surface area contributed by atoms with E-state index in [2.05, 4.69) is 6.92 Å². The predicted octanol–water partition coefficient (Wildman–Crippen LogP) is 2.91. The zero-order chi connectivity index (χ0) is 12.0. The summed E-state index contributed by atoms with van der Waals surface area (Å²) >= 11 is 1.48. The number of unbranched alkanes of at least 4 members (excludes halogenated alkanes) is 4. The molecule has 0 spiro atoms. The van der Waals surface area contributed by atoms with Crippen LogP contribution in [0.4, 0.5) is 0 Å². The molecule has 16 heavy (non-hydrogen) atoms. The third-order valence-electron chi connectivity index (χ3n) is 2.48. The van der Waals surface area contributed by atoms with Gasteiger partial charge in [-0.1, -0.05) is 32.6 Å². The van der Waals surface area contributed by atoms with E-state index < -0.39 is 10.0 Å². The van der Waals surface area contributed by atoms with Gasteiger partial charge in [-0.2, -0.15) is 0 Å². The Balaban J connectivity index is 2.36. The van der Waals surface area contributed by atoms with Crippen LogP contribution in [0.1, 0.15) is 43.9 Å². The molecular formula is C11H19NO2S2. The van der Waals surface area contributed by atoms with Gasteiger partial charge in [-0.05, 0) is 18.9 Å². The number of nitrogens with two attached hydrogens (primary N) is 1. The average molecular weight is 261 g/mol. The molecule has 0 aliphatic rings. The van der Waals surface area contributed by atoms with E-state index in [0.717, 1.165) is 17.7 Å². The monoisotopic (exact) mass is 261 g/mol. The minimum Gasteiger partial charge on any atom is -0.225 e. The van der Waals surface area contributed by atoms with Crippen molar-refractivity contribution in [2.24, 2.45) is 5.14 Å². The predicted molar refractivity (Wildman–Crippen MR) is 68.2 cm³/mol. The van der Waals surface area contributed by atoms with Gasteiger partial charge in [0.25, 0.3) is 0 Å². The van der Waals surface area contributed by atoms with Crippen LogP contribution in [0.15, 0.2) is 16.3 Å². The van der Waals surface area contributed by atoms with Crippen molar-refractivity contribution in [1.82, 2.24) is 0 Å². The number of primary sulfonamides is 1. The number of rotatable bonds is 7. The van der Waals surface area contributed by atoms with Gasteiger partial charge in [-0.25, -0.2) is 13.6 Å². The number of hydrogen-bond donors (Lipinski definition) is 1. The molecule has 0 bridgehead atoms. The molecule has 3 nitrogen and oxygen atoms in total. The Hall–Kier alpha value is -0.390. The van der Waals surface area contributed by atoms with Crippen molar-refractivity contribution in [2.75, 3.05) is 0 Å². The fourth-order valence-electron chi connectivity index (χ4n) is 1.54. The largest absolute Gasteiger partial charge is 0.238 e. The smallest absolute Gasteiger partial charge is 0.225 e. The van der Waals surface area contributed by atoms with Gasteiger partial charge in [0.1, 0.15) is 0 Å². The molecule has 0 aromatic carbocycles. The first kappa shape index (κ1) is 13.7. The van der Waals surface area contributed by atoms with Gasteiger partial charge in [0.05, 0.1) is 4.90 Å². The number of thiophene rings is 1. The summed E-state index contributed by atoms with van der Waals surface area (Å²) in [6.07, 6.45) is 7.11. The lowest BCUT2D eigenvalue weighted by Crippen LogP contribution is -2.10. The first-order chi connectivity index (χ1) is 7.54. The molecule has 1 rings (SSSR count). The second kappa shape index (κ2) is 6.37. The summed E-state index contributed by atoms with van der Waals surface area (Å²) in [5.74, 6) is 0. The molecule has 0 atom stereocenters. The molecule has 0 unspecified atom stereocenters. The molecule has 5 heteroatoms. The van der Waals surface area contributed by atoms with Gasteiger partial charge < -0.3 is 0 Å². The normalized spacial score (nSPS) is 11.9. The van der Waals surface area contributed by atoms with Crippen LogP contribution in [-0.2, 0) is 16.4 Å². The summed E-state index contributed by atoms with van der Waals surface area (Å²) in [6, 6.07) is 1.69. The molecule has 0 radical (unpaired) electrons. The minimum absolute atomic E-state index is 0.251. The van der Waals surface area contributed by atoms with Crippen LogP contribution < -0.4 is 5.14 Å². The maximum atomic E-state index is 11.0. The van der Waals surface area contributed by atoms with Crippen molar-refractivity contribution in [3.05, 3.63) is 16.3 Å². The molecule has 0 saturated heterocycles. The fraction of sp³-hybridized carbons (Fsp3) is 0.636. The van der Waals surface area contributed by atoms with Crippen LogP contribution in [-0.4, -0.2) is 8.42 Å². The molecule has 0 fully saturated rings. The van der Waals surface area contributed by atoms with Crippen LogP contribution in [0.5, 0.6) is 0 Å². The van der Waals surface area contributed by atoms with E-state index in [9.17, 15) is 8.42 Å². The Morgan fingerprint density at radius 3 is 2.50 bits per heavy atom. The van der Waals surface area contributed by atoms with E-state index >= 15 is 0 Å². The molecular weight excluding hydrogens is 242 g/mol. The molecule has 0 saturated carbocycles. The Morgan fingerprint density at radius 1 is 1.25 bits per heavy atom. The van der Waals surface area contributed by atoms with E-state index in [1.165, 1.54) is 37.0 Å². The Bertz CT molecular complexity index is 409. The lowest BCUT2D eigenvalue weighted by Gasteiger charge is -1.97. The molecule has 92 valence electrons. The van der Waals surface area contributed by atoms with Crippen LogP contribution in [0.2, 0.25) is 0 Å². The second-order valence-electron chi connectivity index (χ2n) is 3.96. The molecule has 1 heterocycles. The Labute approximate surface area is 102 Å². The zero-order valence-electron chi connectivity index (χ0n) is 9.61. The van der Waals surface area contributed by atoms with Gasteiger partial charge in [-0.15, -0.1) is 11.3 Å². The van der Waals surface area contributed by atoms with E-state index in [1.54, 1.807) is 11.4 Å². The van der Waals surface area contributed by atoms with Crippen molar-refractivity contribution in [3.63, 3.8) is 0 Å². The highest BCUT2D eigenvalue weighted by Crippen LogP contribution is 2.20. The molecule has 0 aliphatic heterocycles. The minimum atomic E-state index is -3.51. The highest BCUT2D eigenvalue weighted by molar-refractivity contribution is 7.89. The van der Waals surface area contributed by atoms with E-state index in [1.807, 2.05) is 0 Å². The van der Waals surface area contributed by atoms with Gasteiger partial charge in [-0.3, -0.25) is 0 Å². The zero-order valence-corrected chi connectivity index (χ0v) is 11.2. The lowest BCUT2D eigenvalue weighted by molar-refractivity contribution is 0.598. The van der Waals surface area contributed by atoms with E-state index in [0.29, 0.717) is 0 Å². The summed E-state index contributed by atoms with van der Waals surface area (Å²) in [5.41, 5.74) is 0. The first-order valence-corrected chi connectivity index (χ1v) is 8.07. The maximum absolute atomic E-state index is 11.0. The Morgan fingerprint density at radius 2 is 1.94 bits per heavy atom. The van der Waals surface area contributed by atoms with Crippen LogP contribution in [0.25, 0.3) is 0 Å². The summed E-state index contributed by atoms with van der Waals surface area (Å²) in [6.45, 7) is 2.19. The molecule has 0 aliphatic carbocycles. The van der Waals surface area contributed by atoms with Crippen molar-refractivity contribution in [3.8, 4) is 0 Å². The average Bonchev–Trinajstić information content (AvgIpc) is 2.65. The number of sulfonamides is 1. The topological polar surface area (TPSA) is 60.2 Å². The summed E-state index contributed by atoms with van der Waals surface area (Å²) in [5, 5.41) is 6.67. The number of hydrogen-bond acceptors (Lipinski definition) is 3. The fourth-order valence-corrected chi connectivity index (χ4v) is 3.40. The quantitative estimate of drug-likeness (QED) is 0.767. The molecule has 1 aromatic rings. The highest BCUT2D eigenvalue weighted by Gasteiger charge is 2.10. The van der Waals surface area contributed by atoms with Crippen LogP contribution in [0, 0.1) is 0 Å². The standard InChI is InChI=1S/C11H19NO2S2/c1-2-3-4-5-6-7-10-8-11(9-15-10)16(12,13)14/h8-9H,2-7H2,1H3,(H2,12,13,14). The summed E-state index contributed by atoms with van der Waals surface area (Å²) in [4.78, 5) is 1.36. The molecule has 2 N–H and O–H groups in total. The lowest BCUT2D eigenvalue weighted by atomic mass is 10.1. The first-order valence-electron chi connectivity index (χ1n) is 5.64. The van der Waals surface area contributed by atoms with E-state index in [4.69, 9.17) is 5.14 Å². The van der Waals surface area contributed by atoms with Gasteiger partial charge in [0, 0.05) is 10.3 Å². The van der Waals surface area contributed by atoms with Gasteiger partial charge >= 0.3 is 0 Å². The SMILES string of the molecule is CCCCCCCc1cc(S(N)(=O)=O)cs1. The van der Waals surface area contributed by atoms with Crippen molar-refractivity contribution < 1.29 is 8.42 Å². The number of aryl methyl sites for hydroxylation is 1. The molecule has 0 amide bonds. The second-order valence-corrected chi connectivity index (χ2v) is 6.52. The van der Waals surface area contributed by atoms with Gasteiger partial charge in [0.2, 0.25) is 10.0 Å². The van der Waals surface area contributed by atoms with Crippen molar-refractivity contribution in [1.29, 1.82) is 0 Å². The van der Waals surface area contributed by atoms with Crippen LogP contribution >= 0.6 is 11.3 Å². The van der Waals surface area contributed by atoms with E-state index in [-0.39, 0.29) is 4.90 Å². The third kappa shape index (κ3) is 4.63. The summed E-state index contributed by atoms with van der Waals surface area (Å²) < 4.78 is 22.1. The van der Waals surface area contributed by atoms with Crippen molar-refractivity contribution >= 4 is 21.4 Å².